The minimum absolute atomic E-state index is 0.172. The van der Waals surface area contributed by atoms with Crippen molar-refractivity contribution in [2.45, 2.75) is 25.9 Å². The summed E-state index contributed by atoms with van der Waals surface area (Å²) in [4.78, 5) is 43.8. The van der Waals surface area contributed by atoms with E-state index in [0.29, 0.717) is 48.1 Å². The molecule has 1 atom stereocenters. The largest absolute Gasteiger partial charge is 0.481 e. The third-order valence-electron chi connectivity index (χ3n) is 5.06. The predicted molar refractivity (Wildman–Crippen MR) is 111 cm³/mol. The van der Waals surface area contributed by atoms with Crippen molar-refractivity contribution in [2.24, 2.45) is 14.1 Å². The molecule has 1 aromatic carbocycles. The van der Waals surface area contributed by atoms with E-state index < -0.39 is 17.4 Å². The van der Waals surface area contributed by atoms with Gasteiger partial charge in [0.2, 0.25) is 6.79 Å². The molecule has 2 N–H and O–H groups in total. The van der Waals surface area contributed by atoms with Crippen molar-refractivity contribution in [3.8, 4) is 17.2 Å². The molecule has 0 saturated carbocycles. The summed E-state index contributed by atoms with van der Waals surface area (Å²) in [7, 11) is 2.99. The van der Waals surface area contributed by atoms with E-state index in [0.717, 1.165) is 4.57 Å². The molecule has 0 radical (unpaired) electrons. The Balaban J connectivity index is 1.30. The van der Waals surface area contributed by atoms with Gasteiger partial charge in [0, 0.05) is 33.1 Å². The number of hydrogen-bond acceptors (Lipinski definition) is 7. The summed E-state index contributed by atoms with van der Waals surface area (Å²) >= 11 is 0. The number of fused-ring (bicyclic) bond motifs is 2. The van der Waals surface area contributed by atoms with Gasteiger partial charge < -0.3 is 24.5 Å². The monoisotopic (exact) mass is 429 g/mol. The number of aromatic nitrogens is 4. The number of nitrogens with zero attached hydrogens (tertiary/aromatic N) is 3. The summed E-state index contributed by atoms with van der Waals surface area (Å²) in [5.41, 5.74) is -0.244. The van der Waals surface area contributed by atoms with Gasteiger partial charge in [-0.25, -0.2) is 9.78 Å². The Morgan fingerprint density at radius 1 is 1.26 bits per heavy atom. The van der Waals surface area contributed by atoms with Crippen molar-refractivity contribution < 1.29 is 19.0 Å². The molecule has 0 bridgehead atoms. The predicted octanol–water partition coefficient (Wildman–Crippen LogP) is 0.205. The Hall–Kier alpha value is -3.76. The van der Waals surface area contributed by atoms with Gasteiger partial charge in [-0.2, -0.15) is 0 Å². The molecule has 1 unspecified atom stereocenters. The summed E-state index contributed by atoms with van der Waals surface area (Å²) in [5.74, 6) is 2.07. The second kappa shape index (κ2) is 8.17. The van der Waals surface area contributed by atoms with E-state index in [1.165, 1.54) is 11.6 Å². The minimum Gasteiger partial charge on any atom is -0.481 e. The molecule has 0 fully saturated rings. The van der Waals surface area contributed by atoms with Gasteiger partial charge in [0.05, 0.1) is 0 Å². The van der Waals surface area contributed by atoms with Gasteiger partial charge in [-0.1, -0.05) is 0 Å². The zero-order valence-electron chi connectivity index (χ0n) is 17.4. The normalized spacial score (nSPS) is 13.4. The average Bonchev–Trinajstić information content (AvgIpc) is 3.40. The number of carbonyl (C=O) groups excluding carboxylic acids is 1. The van der Waals surface area contributed by atoms with Crippen molar-refractivity contribution >= 4 is 17.1 Å². The zero-order chi connectivity index (χ0) is 22.1. The van der Waals surface area contributed by atoms with Crippen LogP contribution in [0.4, 0.5) is 0 Å². The van der Waals surface area contributed by atoms with Crippen LogP contribution >= 0.6 is 0 Å². The first-order chi connectivity index (χ1) is 14.8. The second-order valence-electron chi connectivity index (χ2n) is 7.26. The molecule has 164 valence electrons. The smallest absolute Gasteiger partial charge is 0.332 e. The van der Waals surface area contributed by atoms with E-state index in [9.17, 15) is 14.4 Å². The highest BCUT2D eigenvalue weighted by Gasteiger charge is 2.18. The Bertz CT molecular complexity index is 1260. The van der Waals surface area contributed by atoms with E-state index in [1.807, 2.05) is 0 Å². The maximum Gasteiger partial charge on any atom is 0.332 e. The number of ether oxygens (including phenoxy) is 3. The number of nitrogens with one attached hydrogen (secondary N) is 2. The fourth-order valence-electron chi connectivity index (χ4n) is 3.31. The van der Waals surface area contributed by atoms with E-state index >= 15 is 0 Å². The van der Waals surface area contributed by atoms with Crippen LogP contribution in [-0.2, 0) is 25.3 Å². The lowest BCUT2D eigenvalue weighted by Gasteiger charge is -2.14. The van der Waals surface area contributed by atoms with Crippen LogP contribution in [-0.4, -0.2) is 44.5 Å². The first-order valence-electron chi connectivity index (χ1n) is 9.84. The molecule has 1 aliphatic rings. The Kier molecular flexibility index (Phi) is 5.40. The third kappa shape index (κ3) is 3.98. The standard InChI is InChI=1S/C20H23N5O6/c1-11(31-12-6-7-13-14(9-12)30-10-29-13)18(26)21-8-4-5-15-22-16-17(23-15)24(2)20(28)25(3)19(16)27/h6-7,9,11H,4-5,8,10H2,1-3H3,(H,21,26)(H,22,23). The molecular weight excluding hydrogens is 406 g/mol. The number of aryl methyl sites for hydroxylation is 2. The Morgan fingerprint density at radius 3 is 2.84 bits per heavy atom. The molecule has 0 saturated heterocycles. The lowest BCUT2D eigenvalue weighted by molar-refractivity contribution is -0.127. The van der Waals surface area contributed by atoms with Crippen LogP contribution in [0, 0.1) is 0 Å². The number of H-pyrrole nitrogens is 1. The molecule has 0 aliphatic carbocycles. The SMILES string of the molecule is CC(Oc1ccc2c(c1)OCO2)C(=O)NCCCc1nc2c([nH]1)c(=O)n(C)c(=O)n2C. The lowest BCUT2D eigenvalue weighted by atomic mass is 10.2. The van der Waals surface area contributed by atoms with Crippen molar-refractivity contribution in [3.63, 3.8) is 0 Å². The molecule has 3 heterocycles. The summed E-state index contributed by atoms with van der Waals surface area (Å²) < 4.78 is 18.6. The maximum absolute atomic E-state index is 12.3. The highest BCUT2D eigenvalue weighted by Crippen LogP contribution is 2.35. The number of aromatic amines is 1. The number of hydrogen-bond donors (Lipinski definition) is 2. The van der Waals surface area contributed by atoms with Crippen LogP contribution in [0.15, 0.2) is 27.8 Å². The number of carbonyl (C=O) groups is 1. The third-order valence-corrected chi connectivity index (χ3v) is 5.06. The van der Waals surface area contributed by atoms with Crippen molar-refractivity contribution in [3.05, 3.63) is 44.9 Å². The molecular formula is C20H23N5O6. The van der Waals surface area contributed by atoms with Crippen LogP contribution in [0.3, 0.4) is 0 Å². The van der Waals surface area contributed by atoms with Crippen LogP contribution in [0.5, 0.6) is 17.2 Å². The van der Waals surface area contributed by atoms with Gasteiger partial charge in [-0.15, -0.1) is 0 Å². The molecule has 31 heavy (non-hydrogen) atoms. The molecule has 1 amide bonds. The van der Waals surface area contributed by atoms with Crippen LogP contribution < -0.4 is 30.8 Å². The molecule has 2 aromatic heterocycles. The van der Waals surface area contributed by atoms with Gasteiger partial charge in [-0.05, 0) is 25.5 Å². The van der Waals surface area contributed by atoms with Gasteiger partial charge >= 0.3 is 5.69 Å². The van der Waals surface area contributed by atoms with E-state index in [2.05, 4.69) is 15.3 Å². The number of benzene rings is 1. The van der Waals surface area contributed by atoms with E-state index in [4.69, 9.17) is 14.2 Å². The van der Waals surface area contributed by atoms with Gasteiger partial charge in [0.1, 0.15) is 17.1 Å². The zero-order valence-corrected chi connectivity index (χ0v) is 17.4. The van der Waals surface area contributed by atoms with Gasteiger partial charge in [-0.3, -0.25) is 18.7 Å². The summed E-state index contributed by atoms with van der Waals surface area (Å²) in [5, 5.41) is 2.82. The highest BCUT2D eigenvalue weighted by molar-refractivity contribution is 5.80. The molecule has 3 aromatic rings. The van der Waals surface area contributed by atoms with Gasteiger partial charge in [0.25, 0.3) is 11.5 Å². The Labute approximate surface area is 176 Å². The fourth-order valence-corrected chi connectivity index (χ4v) is 3.31. The molecule has 4 rings (SSSR count). The topological polar surface area (TPSA) is 129 Å². The summed E-state index contributed by atoms with van der Waals surface area (Å²) in [6.45, 7) is 2.24. The van der Waals surface area contributed by atoms with Crippen LogP contribution in [0.25, 0.3) is 11.2 Å². The first-order valence-corrected chi connectivity index (χ1v) is 9.84. The average molecular weight is 429 g/mol. The Morgan fingerprint density at radius 2 is 2.03 bits per heavy atom. The minimum atomic E-state index is -0.691. The number of rotatable bonds is 7. The van der Waals surface area contributed by atoms with Crippen LogP contribution in [0.2, 0.25) is 0 Å². The number of amides is 1. The lowest BCUT2D eigenvalue weighted by Crippen LogP contribution is -2.37. The summed E-state index contributed by atoms with van der Waals surface area (Å²) in [6.07, 6.45) is 0.407. The first kappa shape index (κ1) is 20.5. The molecule has 11 nitrogen and oxygen atoms in total. The molecule has 0 spiro atoms. The molecule has 1 aliphatic heterocycles. The fraction of sp³-hybridized carbons (Fsp3) is 0.400. The van der Waals surface area contributed by atoms with Gasteiger partial charge in [0.15, 0.2) is 23.3 Å². The van der Waals surface area contributed by atoms with Crippen molar-refractivity contribution in [1.82, 2.24) is 24.4 Å². The van der Waals surface area contributed by atoms with Crippen LogP contribution in [0.1, 0.15) is 19.2 Å². The summed E-state index contributed by atoms with van der Waals surface area (Å²) in [6, 6.07) is 5.14. The van der Waals surface area contributed by atoms with E-state index in [-0.39, 0.29) is 18.2 Å². The second-order valence-corrected chi connectivity index (χ2v) is 7.26. The van der Waals surface area contributed by atoms with Crippen molar-refractivity contribution in [1.29, 1.82) is 0 Å². The quantitative estimate of drug-likeness (QED) is 0.514. The number of imidazole rings is 1. The van der Waals surface area contributed by atoms with Crippen molar-refractivity contribution in [2.75, 3.05) is 13.3 Å². The van der Waals surface area contributed by atoms with E-state index in [1.54, 1.807) is 32.2 Å². The maximum atomic E-state index is 12.3. The highest BCUT2D eigenvalue weighted by atomic mass is 16.7. The molecule has 11 heteroatoms.